The summed E-state index contributed by atoms with van der Waals surface area (Å²) in [5.74, 6) is -1.21. The summed E-state index contributed by atoms with van der Waals surface area (Å²) in [5, 5.41) is 12.6. The van der Waals surface area contributed by atoms with E-state index < -0.39 is 5.97 Å². The molecule has 120 valence electrons. The van der Waals surface area contributed by atoms with Crippen LogP contribution < -0.4 is 0 Å². The molecule has 0 amide bonds. The molecule has 0 heterocycles. The molecule has 4 aromatic rings. The average molecular weight is 326 g/mol. The van der Waals surface area contributed by atoms with Crippen molar-refractivity contribution in [1.82, 2.24) is 0 Å². The van der Waals surface area contributed by atoms with Crippen molar-refractivity contribution in [2.45, 2.75) is 0 Å². The smallest absolute Gasteiger partial charge is 0.336 e. The van der Waals surface area contributed by atoms with Gasteiger partial charge in [0, 0.05) is 16.5 Å². The molecule has 0 saturated heterocycles. The number of fused-ring (bicyclic) bond motifs is 2. The van der Waals surface area contributed by atoms with Crippen molar-refractivity contribution in [2.75, 3.05) is 0 Å². The molecule has 4 rings (SSSR count). The van der Waals surface area contributed by atoms with Gasteiger partial charge in [-0.05, 0) is 22.2 Å². The van der Waals surface area contributed by atoms with E-state index in [-0.39, 0.29) is 11.3 Å². The van der Waals surface area contributed by atoms with Crippen LogP contribution in [0.2, 0.25) is 0 Å². The van der Waals surface area contributed by atoms with Crippen LogP contribution in [0.3, 0.4) is 0 Å². The van der Waals surface area contributed by atoms with E-state index in [0.29, 0.717) is 16.5 Å². The number of ketones is 1. The van der Waals surface area contributed by atoms with Crippen LogP contribution in [0, 0.1) is 0 Å². The highest BCUT2D eigenvalue weighted by Gasteiger charge is 2.19. The summed E-state index contributed by atoms with van der Waals surface area (Å²) in [6, 6.07) is 23.6. The lowest BCUT2D eigenvalue weighted by Gasteiger charge is -2.10. The van der Waals surface area contributed by atoms with Crippen LogP contribution in [0.4, 0.5) is 0 Å². The van der Waals surface area contributed by atoms with E-state index >= 15 is 0 Å². The molecule has 0 atom stereocenters. The van der Waals surface area contributed by atoms with Gasteiger partial charge in [-0.3, -0.25) is 4.79 Å². The SMILES string of the molecule is O=C(O)c1cccc2cccc(C(=O)c3cccc4ccccc34)c12. The maximum absolute atomic E-state index is 13.3. The molecule has 0 aliphatic rings. The molecule has 0 aliphatic heterocycles. The van der Waals surface area contributed by atoms with Gasteiger partial charge >= 0.3 is 5.97 Å². The first-order valence-corrected chi connectivity index (χ1v) is 7.94. The average Bonchev–Trinajstić information content (AvgIpc) is 2.66. The van der Waals surface area contributed by atoms with Crippen LogP contribution in [0.15, 0.2) is 78.9 Å². The highest BCUT2D eigenvalue weighted by Crippen LogP contribution is 2.28. The lowest BCUT2D eigenvalue weighted by Crippen LogP contribution is -2.06. The number of carboxylic acid groups (broad SMARTS) is 1. The van der Waals surface area contributed by atoms with Crippen LogP contribution >= 0.6 is 0 Å². The van der Waals surface area contributed by atoms with Crippen LogP contribution in [-0.4, -0.2) is 16.9 Å². The van der Waals surface area contributed by atoms with Gasteiger partial charge < -0.3 is 5.11 Å². The lowest BCUT2D eigenvalue weighted by atomic mass is 9.92. The molecule has 25 heavy (non-hydrogen) atoms. The minimum Gasteiger partial charge on any atom is -0.478 e. The Hall–Kier alpha value is -3.46. The largest absolute Gasteiger partial charge is 0.478 e. The number of hydrogen-bond donors (Lipinski definition) is 1. The van der Waals surface area contributed by atoms with Crippen molar-refractivity contribution in [3.8, 4) is 0 Å². The summed E-state index contributed by atoms with van der Waals surface area (Å²) in [4.78, 5) is 24.9. The fourth-order valence-electron chi connectivity index (χ4n) is 3.28. The molecule has 3 heteroatoms. The summed E-state index contributed by atoms with van der Waals surface area (Å²) in [6.07, 6.45) is 0. The molecule has 0 unspecified atom stereocenters. The fraction of sp³-hybridized carbons (Fsp3) is 0. The van der Waals surface area contributed by atoms with Crippen molar-refractivity contribution < 1.29 is 14.7 Å². The Labute approximate surface area is 144 Å². The third kappa shape index (κ3) is 2.46. The van der Waals surface area contributed by atoms with E-state index in [0.717, 1.165) is 16.2 Å². The van der Waals surface area contributed by atoms with Gasteiger partial charge in [-0.15, -0.1) is 0 Å². The molecule has 4 aromatic carbocycles. The maximum Gasteiger partial charge on any atom is 0.336 e. The third-order valence-electron chi connectivity index (χ3n) is 4.41. The summed E-state index contributed by atoms with van der Waals surface area (Å²) in [7, 11) is 0. The van der Waals surface area contributed by atoms with Crippen LogP contribution in [0.1, 0.15) is 26.3 Å². The van der Waals surface area contributed by atoms with Crippen LogP contribution in [0.25, 0.3) is 21.5 Å². The number of carbonyl (C=O) groups excluding carboxylic acids is 1. The lowest BCUT2D eigenvalue weighted by molar-refractivity contribution is 0.0699. The number of carboxylic acids is 1. The zero-order chi connectivity index (χ0) is 17.4. The van der Waals surface area contributed by atoms with Gasteiger partial charge in [0.05, 0.1) is 5.56 Å². The monoisotopic (exact) mass is 326 g/mol. The molecule has 0 saturated carbocycles. The Kier molecular flexibility index (Phi) is 3.55. The summed E-state index contributed by atoms with van der Waals surface area (Å²) < 4.78 is 0. The van der Waals surface area contributed by atoms with E-state index in [1.165, 1.54) is 6.07 Å². The highest BCUT2D eigenvalue weighted by atomic mass is 16.4. The quantitative estimate of drug-likeness (QED) is 0.544. The Bertz CT molecular complexity index is 1130. The first-order valence-electron chi connectivity index (χ1n) is 7.94. The minimum absolute atomic E-state index is 0.140. The minimum atomic E-state index is -1.04. The van der Waals surface area contributed by atoms with Gasteiger partial charge in [-0.2, -0.15) is 0 Å². The van der Waals surface area contributed by atoms with E-state index in [2.05, 4.69) is 0 Å². The van der Waals surface area contributed by atoms with Gasteiger partial charge in [-0.25, -0.2) is 4.79 Å². The van der Waals surface area contributed by atoms with Gasteiger partial charge in [-0.1, -0.05) is 72.8 Å². The van der Waals surface area contributed by atoms with Gasteiger partial charge in [0.25, 0.3) is 0 Å². The standard InChI is InChI=1S/C22H14O3/c23-21(17-11-3-7-14-6-1-2-10-16(14)17)18-12-4-8-15-9-5-13-19(20(15)18)22(24)25/h1-13H,(H,24,25). The van der Waals surface area contributed by atoms with E-state index in [1.807, 2.05) is 48.5 Å². The fourth-order valence-corrected chi connectivity index (χ4v) is 3.28. The Balaban J connectivity index is 2.01. The normalized spacial score (nSPS) is 10.9. The first-order chi connectivity index (χ1) is 12.2. The van der Waals surface area contributed by atoms with Crippen molar-refractivity contribution in [2.24, 2.45) is 0 Å². The second-order valence-corrected chi connectivity index (χ2v) is 5.87. The molecule has 0 fully saturated rings. The summed E-state index contributed by atoms with van der Waals surface area (Å²) in [6.45, 7) is 0. The maximum atomic E-state index is 13.3. The number of hydrogen-bond acceptors (Lipinski definition) is 2. The van der Waals surface area contributed by atoms with E-state index in [4.69, 9.17) is 0 Å². The molecule has 0 aromatic heterocycles. The van der Waals surface area contributed by atoms with E-state index in [1.54, 1.807) is 24.3 Å². The summed E-state index contributed by atoms with van der Waals surface area (Å²) >= 11 is 0. The van der Waals surface area contributed by atoms with Crippen LogP contribution in [0.5, 0.6) is 0 Å². The number of carbonyl (C=O) groups is 2. The molecule has 0 radical (unpaired) electrons. The molecule has 0 bridgehead atoms. The van der Waals surface area contributed by atoms with E-state index in [9.17, 15) is 14.7 Å². The molecule has 0 aliphatic carbocycles. The topological polar surface area (TPSA) is 54.4 Å². The second-order valence-electron chi connectivity index (χ2n) is 5.87. The Morgan fingerprint density at radius 1 is 0.600 bits per heavy atom. The van der Waals surface area contributed by atoms with Gasteiger partial charge in [0.2, 0.25) is 0 Å². The highest BCUT2D eigenvalue weighted by molar-refractivity contribution is 6.23. The van der Waals surface area contributed by atoms with Crippen molar-refractivity contribution in [3.05, 3.63) is 95.6 Å². The predicted molar refractivity (Wildman–Crippen MR) is 98.3 cm³/mol. The molecular formula is C22H14O3. The number of benzene rings is 4. The Morgan fingerprint density at radius 3 is 1.88 bits per heavy atom. The van der Waals surface area contributed by atoms with Gasteiger partial charge in [0.1, 0.15) is 0 Å². The van der Waals surface area contributed by atoms with Crippen molar-refractivity contribution >= 4 is 33.3 Å². The Morgan fingerprint density at radius 2 is 1.16 bits per heavy atom. The zero-order valence-corrected chi connectivity index (χ0v) is 13.3. The molecule has 3 nitrogen and oxygen atoms in total. The van der Waals surface area contributed by atoms with Crippen molar-refractivity contribution in [3.63, 3.8) is 0 Å². The van der Waals surface area contributed by atoms with Crippen molar-refractivity contribution in [1.29, 1.82) is 0 Å². The zero-order valence-electron chi connectivity index (χ0n) is 13.3. The summed E-state index contributed by atoms with van der Waals surface area (Å²) in [5.41, 5.74) is 1.12. The number of aromatic carboxylic acids is 1. The molecule has 0 spiro atoms. The molecular weight excluding hydrogens is 312 g/mol. The third-order valence-corrected chi connectivity index (χ3v) is 4.41. The second kappa shape index (κ2) is 5.87. The van der Waals surface area contributed by atoms with Crippen LogP contribution in [-0.2, 0) is 0 Å². The predicted octanol–water partition coefficient (Wildman–Crippen LogP) is 4.92. The number of rotatable bonds is 3. The molecule has 1 N–H and O–H groups in total. The van der Waals surface area contributed by atoms with Gasteiger partial charge in [0.15, 0.2) is 5.78 Å². The first kappa shape index (κ1) is 15.1.